The highest BCUT2D eigenvalue weighted by atomic mass is 16.5. The molecule has 2 amide bonds. The van der Waals surface area contributed by atoms with Crippen molar-refractivity contribution in [2.24, 2.45) is 0 Å². The van der Waals surface area contributed by atoms with Crippen molar-refractivity contribution >= 4 is 17.5 Å². The number of rotatable bonds is 4. The molecule has 5 heteroatoms. The second kappa shape index (κ2) is 7.17. The summed E-state index contributed by atoms with van der Waals surface area (Å²) in [6.45, 7) is 2.79. The van der Waals surface area contributed by atoms with Gasteiger partial charge in [-0.15, -0.1) is 0 Å². The summed E-state index contributed by atoms with van der Waals surface area (Å²) in [6.07, 6.45) is 0.264. The zero-order valence-electron chi connectivity index (χ0n) is 13.6. The van der Waals surface area contributed by atoms with Crippen molar-refractivity contribution in [3.63, 3.8) is 0 Å². The molecule has 24 heavy (non-hydrogen) atoms. The Morgan fingerprint density at radius 1 is 1.17 bits per heavy atom. The van der Waals surface area contributed by atoms with Crippen molar-refractivity contribution in [3.8, 4) is 5.75 Å². The van der Waals surface area contributed by atoms with Gasteiger partial charge in [0.2, 0.25) is 11.8 Å². The molecule has 0 saturated heterocycles. The molecule has 1 N–H and O–H groups in total. The van der Waals surface area contributed by atoms with Crippen LogP contribution in [-0.2, 0) is 16.1 Å². The van der Waals surface area contributed by atoms with E-state index in [4.69, 9.17) is 4.74 Å². The van der Waals surface area contributed by atoms with E-state index in [1.165, 1.54) is 10.5 Å². The van der Waals surface area contributed by atoms with Crippen LogP contribution in [0.25, 0.3) is 0 Å². The Hall–Kier alpha value is -2.82. The molecule has 3 rings (SSSR count). The molecule has 0 aromatic heterocycles. The van der Waals surface area contributed by atoms with Crippen LogP contribution < -0.4 is 15.0 Å². The number of aryl methyl sites for hydroxylation is 1. The zero-order chi connectivity index (χ0) is 16.9. The topological polar surface area (TPSA) is 58.6 Å². The van der Waals surface area contributed by atoms with Gasteiger partial charge < -0.3 is 10.1 Å². The van der Waals surface area contributed by atoms with Crippen molar-refractivity contribution < 1.29 is 14.3 Å². The van der Waals surface area contributed by atoms with Crippen molar-refractivity contribution in [2.75, 3.05) is 18.1 Å². The summed E-state index contributed by atoms with van der Waals surface area (Å²) in [7, 11) is 0. The second-order valence-corrected chi connectivity index (χ2v) is 5.81. The van der Waals surface area contributed by atoms with Gasteiger partial charge in [0, 0.05) is 6.54 Å². The lowest BCUT2D eigenvalue weighted by Gasteiger charge is -2.21. The molecule has 0 fully saturated rings. The summed E-state index contributed by atoms with van der Waals surface area (Å²) in [5, 5.41) is 2.86. The van der Waals surface area contributed by atoms with Gasteiger partial charge in [-0.3, -0.25) is 14.5 Å². The maximum Gasteiger partial charge on any atom is 0.240 e. The van der Waals surface area contributed by atoms with Crippen LogP contribution in [0.3, 0.4) is 0 Å². The first kappa shape index (κ1) is 16.1. The monoisotopic (exact) mass is 324 g/mol. The van der Waals surface area contributed by atoms with E-state index in [1.54, 1.807) is 6.07 Å². The van der Waals surface area contributed by atoms with Crippen LogP contribution in [0, 0.1) is 6.92 Å². The van der Waals surface area contributed by atoms with Crippen LogP contribution in [0.15, 0.2) is 48.5 Å². The summed E-state index contributed by atoms with van der Waals surface area (Å²) in [5.41, 5.74) is 2.85. The first-order valence-electron chi connectivity index (χ1n) is 7.98. The highest BCUT2D eigenvalue weighted by Crippen LogP contribution is 2.30. The molecule has 1 aliphatic heterocycles. The number of nitrogens with zero attached hydrogens (tertiary/aromatic N) is 1. The number of fused-ring (bicyclic) bond motifs is 1. The maximum atomic E-state index is 12.3. The Morgan fingerprint density at radius 2 is 1.92 bits per heavy atom. The normalized spacial score (nSPS) is 13.7. The third-order valence-corrected chi connectivity index (χ3v) is 3.94. The average Bonchev–Trinajstić information content (AvgIpc) is 2.74. The van der Waals surface area contributed by atoms with Gasteiger partial charge in [-0.2, -0.15) is 0 Å². The van der Waals surface area contributed by atoms with Gasteiger partial charge in [0.05, 0.1) is 18.7 Å². The number of hydrogen-bond acceptors (Lipinski definition) is 3. The van der Waals surface area contributed by atoms with E-state index in [0.29, 0.717) is 24.6 Å². The summed E-state index contributed by atoms with van der Waals surface area (Å²) < 4.78 is 5.58. The predicted molar refractivity (Wildman–Crippen MR) is 91.9 cm³/mol. The van der Waals surface area contributed by atoms with Gasteiger partial charge in [0.1, 0.15) is 12.3 Å². The molecule has 1 heterocycles. The molecule has 0 aliphatic carbocycles. The first-order valence-corrected chi connectivity index (χ1v) is 7.98. The number of carbonyl (C=O) groups is 2. The lowest BCUT2D eigenvalue weighted by molar-refractivity contribution is -0.124. The van der Waals surface area contributed by atoms with Crippen LogP contribution in [-0.4, -0.2) is 25.0 Å². The second-order valence-electron chi connectivity index (χ2n) is 5.81. The summed E-state index contributed by atoms with van der Waals surface area (Å²) in [5.74, 6) is 0.334. The number of benzene rings is 2. The number of anilines is 1. The zero-order valence-corrected chi connectivity index (χ0v) is 13.6. The fourth-order valence-corrected chi connectivity index (χ4v) is 2.60. The molecule has 0 saturated carbocycles. The van der Waals surface area contributed by atoms with Crippen LogP contribution in [0.5, 0.6) is 5.75 Å². The number of ether oxygens (including phenoxy) is 1. The fraction of sp³-hybridized carbons (Fsp3) is 0.263. The molecule has 0 unspecified atom stereocenters. The molecule has 0 bridgehead atoms. The molecular weight excluding hydrogens is 304 g/mol. The average molecular weight is 324 g/mol. The lowest BCUT2D eigenvalue weighted by atomic mass is 10.1. The van der Waals surface area contributed by atoms with E-state index in [-0.39, 0.29) is 24.8 Å². The Labute approximate surface area is 141 Å². The van der Waals surface area contributed by atoms with Gasteiger partial charge in [0.25, 0.3) is 0 Å². The van der Waals surface area contributed by atoms with Crippen LogP contribution in [0.1, 0.15) is 17.5 Å². The van der Waals surface area contributed by atoms with E-state index in [2.05, 4.69) is 5.32 Å². The first-order chi connectivity index (χ1) is 11.6. The molecule has 0 radical (unpaired) electrons. The van der Waals surface area contributed by atoms with E-state index >= 15 is 0 Å². The molecule has 2 aromatic carbocycles. The maximum absolute atomic E-state index is 12.3. The SMILES string of the molecule is Cc1ccc(CNC(=O)CN2C(=O)CCOc3ccccc32)cc1. The number of nitrogens with one attached hydrogen (secondary N) is 1. The molecule has 5 nitrogen and oxygen atoms in total. The summed E-state index contributed by atoms with van der Waals surface area (Å²) >= 11 is 0. The van der Waals surface area contributed by atoms with Gasteiger partial charge in [-0.1, -0.05) is 42.0 Å². The number of hydrogen-bond donors (Lipinski definition) is 1. The Kier molecular flexibility index (Phi) is 4.79. The number of amides is 2. The van der Waals surface area contributed by atoms with Gasteiger partial charge in [-0.05, 0) is 24.6 Å². The Morgan fingerprint density at radius 3 is 2.71 bits per heavy atom. The van der Waals surface area contributed by atoms with E-state index in [0.717, 1.165) is 5.56 Å². The standard InChI is InChI=1S/C19H20N2O3/c1-14-6-8-15(9-7-14)12-20-18(22)13-21-16-4-2-3-5-17(16)24-11-10-19(21)23/h2-9H,10-13H2,1H3,(H,20,22). The summed E-state index contributed by atoms with van der Waals surface area (Å²) in [4.78, 5) is 26.1. The fourth-order valence-electron chi connectivity index (χ4n) is 2.60. The van der Waals surface area contributed by atoms with Gasteiger partial charge in [0.15, 0.2) is 0 Å². The minimum atomic E-state index is -0.194. The highest BCUT2D eigenvalue weighted by molar-refractivity contribution is 6.00. The number of para-hydroxylation sites is 2. The molecule has 124 valence electrons. The third-order valence-electron chi connectivity index (χ3n) is 3.94. The van der Waals surface area contributed by atoms with Crippen molar-refractivity contribution in [2.45, 2.75) is 19.9 Å². The molecule has 2 aromatic rings. The molecule has 1 aliphatic rings. The molecular formula is C19H20N2O3. The molecule has 0 spiro atoms. The molecule has 0 atom stereocenters. The van der Waals surface area contributed by atoms with Crippen LogP contribution in [0.4, 0.5) is 5.69 Å². The van der Waals surface area contributed by atoms with Gasteiger partial charge >= 0.3 is 0 Å². The number of carbonyl (C=O) groups excluding carboxylic acids is 2. The Bertz CT molecular complexity index is 741. The summed E-state index contributed by atoms with van der Waals surface area (Å²) in [6, 6.07) is 15.3. The lowest BCUT2D eigenvalue weighted by Crippen LogP contribution is -2.40. The van der Waals surface area contributed by atoms with Crippen molar-refractivity contribution in [3.05, 3.63) is 59.7 Å². The quantitative estimate of drug-likeness (QED) is 0.940. The predicted octanol–water partition coefficient (Wildman–Crippen LogP) is 2.43. The Balaban J connectivity index is 1.66. The highest BCUT2D eigenvalue weighted by Gasteiger charge is 2.24. The van der Waals surface area contributed by atoms with Crippen molar-refractivity contribution in [1.82, 2.24) is 5.32 Å². The smallest absolute Gasteiger partial charge is 0.240 e. The largest absolute Gasteiger partial charge is 0.491 e. The van der Waals surface area contributed by atoms with E-state index in [9.17, 15) is 9.59 Å². The van der Waals surface area contributed by atoms with Crippen molar-refractivity contribution in [1.29, 1.82) is 0 Å². The third kappa shape index (κ3) is 3.74. The van der Waals surface area contributed by atoms with Crippen LogP contribution >= 0.6 is 0 Å². The van der Waals surface area contributed by atoms with Crippen LogP contribution in [0.2, 0.25) is 0 Å². The minimum Gasteiger partial charge on any atom is -0.491 e. The van der Waals surface area contributed by atoms with Gasteiger partial charge in [-0.25, -0.2) is 0 Å². The minimum absolute atomic E-state index is 0.00886. The van der Waals surface area contributed by atoms with E-state index in [1.807, 2.05) is 49.4 Å². The van der Waals surface area contributed by atoms with E-state index < -0.39 is 0 Å².